The van der Waals surface area contributed by atoms with E-state index in [1.807, 2.05) is 0 Å². The van der Waals surface area contributed by atoms with Crippen LogP contribution in [0.25, 0.3) is 0 Å². The lowest BCUT2D eigenvalue weighted by atomic mass is 9.53. The summed E-state index contributed by atoms with van der Waals surface area (Å²) in [7, 11) is 0. The molecule has 0 unspecified atom stereocenters. The average Bonchev–Trinajstić information content (AvgIpc) is 2.67. The molecule has 0 aliphatic heterocycles. The van der Waals surface area contributed by atoms with E-state index in [0.717, 1.165) is 29.4 Å². The van der Waals surface area contributed by atoms with Gasteiger partial charge in [0.25, 0.3) is 0 Å². The minimum atomic E-state index is 0.360. The Balaban J connectivity index is 1.63. The minimum Gasteiger partial charge on any atom is -0.350 e. The minimum absolute atomic E-state index is 0.360. The molecule has 1 aromatic rings. The van der Waals surface area contributed by atoms with Gasteiger partial charge in [-0.15, -0.1) is 0 Å². The van der Waals surface area contributed by atoms with Crippen LogP contribution < -0.4 is 5.32 Å². The molecule has 4 saturated carbocycles. The molecule has 0 atom stereocenters. The molecule has 4 fully saturated rings. The largest absolute Gasteiger partial charge is 0.350 e. The van der Waals surface area contributed by atoms with Gasteiger partial charge in [0.2, 0.25) is 5.95 Å². The Bertz CT molecular complexity index is 479. The van der Waals surface area contributed by atoms with Crippen molar-refractivity contribution in [3.63, 3.8) is 0 Å². The van der Waals surface area contributed by atoms with Crippen molar-refractivity contribution in [3.8, 4) is 0 Å². The number of nitrogens with zero attached hydrogens (tertiary/aromatic N) is 2. The maximum atomic E-state index is 4.76. The number of rotatable bonds is 3. The number of nitrogens with one attached hydrogen (secondary N) is 1. The molecule has 3 heteroatoms. The monoisotopic (exact) mass is 273 g/mol. The Hall–Kier alpha value is -0.990. The van der Waals surface area contributed by atoms with Gasteiger partial charge in [-0.05, 0) is 77.0 Å². The third kappa shape index (κ3) is 1.97. The zero-order chi connectivity index (χ0) is 13.9. The molecule has 20 heavy (non-hydrogen) atoms. The molecule has 4 aliphatic carbocycles. The highest BCUT2D eigenvalue weighted by Gasteiger charge is 2.51. The maximum absolute atomic E-state index is 4.76. The SMILES string of the molecule is Cc1cn(C(C)C)c(NC23CC4CC(CC(C4)C2)C3)n1. The van der Waals surface area contributed by atoms with Crippen molar-refractivity contribution in [2.24, 2.45) is 17.8 Å². The molecule has 4 aliphatic rings. The van der Waals surface area contributed by atoms with Crippen LogP contribution in [0, 0.1) is 24.7 Å². The molecule has 1 heterocycles. The van der Waals surface area contributed by atoms with Gasteiger partial charge in [0.1, 0.15) is 0 Å². The highest BCUT2D eigenvalue weighted by atomic mass is 15.2. The lowest BCUT2D eigenvalue weighted by molar-refractivity contribution is 0.0102. The zero-order valence-electron chi connectivity index (χ0n) is 13.0. The predicted molar refractivity (Wildman–Crippen MR) is 81.9 cm³/mol. The van der Waals surface area contributed by atoms with E-state index in [4.69, 9.17) is 4.98 Å². The molecule has 0 aromatic carbocycles. The van der Waals surface area contributed by atoms with Crippen molar-refractivity contribution in [2.75, 3.05) is 5.32 Å². The summed E-state index contributed by atoms with van der Waals surface area (Å²) in [5.41, 5.74) is 1.49. The molecular weight excluding hydrogens is 246 g/mol. The lowest BCUT2D eigenvalue weighted by Crippen LogP contribution is -2.55. The topological polar surface area (TPSA) is 29.9 Å². The van der Waals surface area contributed by atoms with Crippen LogP contribution >= 0.6 is 0 Å². The summed E-state index contributed by atoms with van der Waals surface area (Å²) in [6, 6.07) is 0.479. The molecule has 110 valence electrons. The normalized spacial score (nSPS) is 38.7. The fraction of sp³-hybridized carbons (Fsp3) is 0.824. The van der Waals surface area contributed by atoms with Crippen LogP contribution in [0.5, 0.6) is 0 Å². The van der Waals surface area contributed by atoms with Crippen LogP contribution in [0.15, 0.2) is 6.20 Å². The van der Waals surface area contributed by atoms with E-state index < -0.39 is 0 Å². The molecule has 5 rings (SSSR count). The van der Waals surface area contributed by atoms with Crippen LogP contribution in [0.4, 0.5) is 5.95 Å². The second kappa shape index (κ2) is 4.25. The van der Waals surface area contributed by atoms with Gasteiger partial charge in [0.05, 0.1) is 5.69 Å². The molecule has 3 nitrogen and oxygen atoms in total. The first-order valence-corrected chi connectivity index (χ1v) is 8.37. The standard InChI is InChI=1S/C17H27N3/c1-11(2)20-10-12(3)18-16(20)19-17-7-13-4-14(8-17)6-15(5-13)9-17/h10-11,13-15H,4-9H2,1-3H3,(H,18,19). The summed E-state index contributed by atoms with van der Waals surface area (Å²) in [4.78, 5) is 4.76. The first-order valence-electron chi connectivity index (χ1n) is 8.37. The van der Waals surface area contributed by atoms with Crippen LogP contribution in [0.1, 0.15) is 64.1 Å². The Kier molecular flexibility index (Phi) is 2.71. The first-order chi connectivity index (χ1) is 9.53. The smallest absolute Gasteiger partial charge is 0.203 e. The van der Waals surface area contributed by atoms with Crippen LogP contribution in [0.2, 0.25) is 0 Å². The molecule has 0 spiro atoms. The summed E-state index contributed by atoms with van der Waals surface area (Å²) < 4.78 is 2.31. The Morgan fingerprint density at radius 1 is 1.15 bits per heavy atom. The second-order valence-electron chi connectivity index (χ2n) is 8.03. The van der Waals surface area contributed by atoms with E-state index in [1.54, 1.807) is 0 Å². The number of imidazole rings is 1. The highest BCUT2D eigenvalue weighted by Crippen LogP contribution is 2.56. The molecule has 1 aromatic heterocycles. The summed E-state index contributed by atoms with van der Waals surface area (Å²) in [5, 5.41) is 3.91. The lowest BCUT2D eigenvalue weighted by Gasteiger charge is -2.57. The molecule has 1 N–H and O–H groups in total. The van der Waals surface area contributed by atoms with Crippen molar-refractivity contribution in [3.05, 3.63) is 11.9 Å². The number of aryl methyl sites for hydroxylation is 1. The van der Waals surface area contributed by atoms with E-state index >= 15 is 0 Å². The quantitative estimate of drug-likeness (QED) is 0.896. The highest BCUT2D eigenvalue weighted by molar-refractivity contribution is 5.35. The van der Waals surface area contributed by atoms with Crippen molar-refractivity contribution >= 4 is 5.95 Å². The van der Waals surface area contributed by atoms with Gasteiger partial charge in [-0.1, -0.05) is 0 Å². The molecular formula is C17H27N3. The van der Waals surface area contributed by atoms with Gasteiger partial charge < -0.3 is 9.88 Å². The second-order valence-corrected chi connectivity index (χ2v) is 8.03. The van der Waals surface area contributed by atoms with E-state index in [0.29, 0.717) is 11.6 Å². The molecule has 4 bridgehead atoms. The predicted octanol–water partition coefficient (Wildman–Crippen LogP) is 4.15. The van der Waals surface area contributed by atoms with Crippen molar-refractivity contribution in [2.45, 2.75) is 70.9 Å². The van der Waals surface area contributed by atoms with Crippen molar-refractivity contribution in [1.82, 2.24) is 9.55 Å². The number of hydrogen-bond donors (Lipinski definition) is 1. The van der Waals surface area contributed by atoms with Gasteiger partial charge in [0, 0.05) is 17.8 Å². The van der Waals surface area contributed by atoms with Gasteiger partial charge in [-0.2, -0.15) is 0 Å². The summed E-state index contributed by atoms with van der Waals surface area (Å²) in [6.45, 7) is 6.59. The molecule has 0 amide bonds. The molecule has 0 radical (unpaired) electrons. The van der Waals surface area contributed by atoms with Crippen LogP contribution in [0.3, 0.4) is 0 Å². The summed E-state index contributed by atoms with van der Waals surface area (Å²) in [6.07, 6.45) is 10.8. The third-order valence-electron chi connectivity index (χ3n) is 5.82. The summed E-state index contributed by atoms with van der Waals surface area (Å²) in [5.74, 6) is 4.06. The Labute approximate surface area is 122 Å². The van der Waals surface area contributed by atoms with Crippen molar-refractivity contribution in [1.29, 1.82) is 0 Å². The maximum Gasteiger partial charge on any atom is 0.203 e. The van der Waals surface area contributed by atoms with Gasteiger partial charge in [-0.25, -0.2) is 4.98 Å². The number of aromatic nitrogens is 2. The summed E-state index contributed by atoms with van der Waals surface area (Å²) >= 11 is 0. The fourth-order valence-corrected chi connectivity index (χ4v) is 5.50. The van der Waals surface area contributed by atoms with Gasteiger partial charge >= 0.3 is 0 Å². The van der Waals surface area contributed by atoms with Crippen molar-refractivity contribution < 1.29 is 0 Å². The zero-order valence-corrected chi connectivity index (χ0v) is 13.0. The number of anilines is 1. The molecule has 0 saturated heterocycles. The van der Waals surface area contributed by atoms with E-state index in [9.17, 15) is 0 Å². The van der Waals surface area contributed by atoms with E-state index in [-0.39, 0.29) is 0 Å². The average molecular weight is 273 g/mol. The third-order valence-corrected chi connectivity index (χ3v) is 5.82. The van der Waals surface area contributed by atoms with Gasteiger partial charge in [0.15, 0.2) is 0 Å². The first kappa shape index (κ1) is 12.7. The number of hydrogen-bond acceptors (Lipinski definition) is 2. The van der Waals surface area contributed by atoms with E-state index in [1.165, 1.54) is 38.5 Å². The van der Waals surface area contributed by atoms with E-state index in [2.05, 4.69) is 36.9 Å². The Morgan fingerprint density at radius 2 is 1.70 bits per heavy atom. The Morgan fingerprint density at radius 3 is 2.20 bits per heavy atom. The van der Waals surface area contributed by atoms with Crippen LogP contribution in [-0.2, 0) is 0 Å². The van der Waals surface area contributed by atoms with Gasteiger partial charge in [-0.3, -0.25) is 0 Å². The van der Waals surface area contributed by atoms with Crippen LogP contribution in [-0.4, -0.2) is 15.1 Å². The fourth-order valence-electron chi connectivity index (χ4n) is 5.50.